The molecule has 1 atom stereocenters. The van der Waals surface area contributed by atoms with Gasteiger partial charge in [0.2, 0.25) is 0 Å². The van der Waals surface area contributed by atoms with Crippen LogP contribution in [0.2, 0.25) is 0 Å². The first-order valence-corrected chi connectivity index (χ1v) is 6.37. The minimum Gasteiger partial charge on any atom is -0.478 e. The maximum atomic E-state index is 11.0. The molecule has 1 aromatic carbocycles. The van der Waals surface area contributed by atoms with Crippen LogP contribution in [0.1, 0.15) is 49.5 Å². The predicted octanol–water partition coefficient (Wildman–Crippen LogP) is 3.49. The number of carboxylic acids is 1. The fourth-order valence-corrected chi connectivity index (χ4v) is 2.32. The van der Waals surface area contributed by atoms with Gasteiger partial charge in [-0.2, -0.15) is 0 Å². The normalized spacial score (nSPS) is 12.8. The molecule has 1 N–H and O–H groups in total. The Hall–Kier alpha value is -1.84. The van der Waals surface area contributed by atoms with Crippen LogP contribution >= 0.6 is 0 Å². The van der Waals surface area contributed by atoms with Crippen molar-refractivity contribution in [1.29, 1.82) is 0 Å². The molecule has 0 spiro atoms. The Kier molecular flexibility index (Phi) is 3.65. The molecule has 0 saturated carbocycles. The number of carbonyl (C=O) groups is 1. The molecular weight excluding hydrogens is 228 g/mol. The van der Waals surface area contributed by atoms with Gasteiger partial charge in [-0.05, 0) is 31.0 Å². The highest BCUT2D eigenvalue weighted by atomic mass is 16.4. The van der Waals surface area contributed by atoms with Crippen LogP contribution < -0.4 is 0 Å². The third-order valence-corrected chi connectivity index (χ3v) is 3.31. The quantitative estimate of drug-likeness (QED) is 0.878. The van der Waals surface area contributed by atoms with Crippen molar-refractivity contribution in [2.45, 2.75) is 39.2 Å². The standard InChI is InChI=1S/C14H18N2O2/c1-3-5-11(4-2)16-9-15-12-7-6-10(14(17)18)8-13(12)16/h6-9,11H,3-5H2,1-2H3,(H,17,18). The largest absolute Gasteiger partial charge is 0.478 e. The number of benzene rings is 1. The molecule has 1 heterocycles. The van der Waals surface area contributed by atoms with E-state index < -0.39 is 5.97 Å². The Balaban J connectivity index is 2.50. The second-order valence-corrected chi connectivity index (χ2v) is 4.51. The molecule has 96 valence electrons. The monoisotopic (exact) mass is 246 g/mol. The van der Waals surface area contributed by atoms with E-state index in [-0.39, 0.29) is 0 Å². The molecule has 1 unspecified atom stereocenters. The molecule has 4 nitrogen and oxygen atoms in total. The molecule has 0 fully saturated rings. The van der Waals surface area contributed by atoms with Gasteiger partial charge >= 0.3 is 5.97 Å². The fraction of sp³-hybridized carbons (Fsp3) is 0.429. The highest BCUT2D eigenvalue weighted by Gasteiger charge is 2.13. The molecule has 4 heteroatoms. The van der Waals surface area contributed by atoms with Crippen molar-refractivity contribution in [1.82, 2.24) is 9.55 Å². The summed E-state index contributed by atoms with van der Waals surface area (Å²) >= 11 is 0. The number of imidazole rings is 1. The highest BCUT2D eigenvalue weighted by molar-refractivity contribution is 5.92. The molecule has 0 aliphatic rings. The van der Waals surface area contributed by atoms with Crippen LogP contribution in [-0.2, 0) is 0 Å². The average molecular weight is 246 g/mol. The Bertz CT molecular complexity index is 560. The van der Waals surface area contributed by atoms with Crippen LogP contribution in [0.15, 0.2) is 24.5 Å². The summed E-state index contributed by atoms with van der Waals surface area (Å²) in [5.74, 6) is -0.895. The molecule has 0 amide bonds. The first-order chi connectivity index (χ1) is 8.67. The number of aromatic nitrogens is 2. The third-order valence-electron chi connectivity index (χ3n) is 3.31. The van der Waals surface area contributed by atoms with E-state index in [1.54, 1.807) is 18.2 Å². The first kappa shape index (κ1) is 12.6. The number of hydrogen-bond donors (Lipinski definition) is 1. The van der Waals surface area contributed by atoms with E-state index in [4.69, 9.17) is 5.11 Å². The summed E-state index contributed by atoms with van der Waals surface area (Å²) in [5, 5.41) is 9.04. The van der Waals surface area contributed by atoms with Gasteiger partial charge in [0, 0.05) is 6.04 Å². The number of carboxylic acid groups (broad SMARTS) is 1. The minimum absolute atomic E-state index is 0.315. The van der Waals surface area contributed by atoms with E-state index >= 15 is 0 Å². The molecule has 0 aliphatic carbocycles. The van der Waals surface area contributed by atoms with Crippen LogP contribution in [0, 0.1) is 0 Å². The Labute approximate surface area is 106 Å². The van der Waals surface area contributed by atoms with Gasteiger partial charge in [0.15, 0.2) is 0 Å². The third kappa shape index (κ3) is 2.23. The maximum Gasteiger partial charge on any atom is 0.335 e. The molecule has 1 aromatic heterocycles. The van der Waals surface area contributed by atoms with E-state index in [1.807, 2.05) is 6.33 Å². The van der Waals surface area contributed by atoms with Crippen molar-refractivity contribution < 1.29 is 9.90 Å². The van der Waals surface area contributed by atoms with Crippen LogP contribution in [-0.4, -0.2) is 20.6 Å². The van der Waals surface area contributed by atoms with Gasteiger partial charge < -0.3 is 9.67 Å². The number of rotatable bonds is 5. The van der Waals surface area contributed by atoms with Crippen molar-refractivity contribution in [2.24, 2.45) is 0 Å². The molecule has 0 aliphatic heterocycles. The average Bonchev–Trinajstić information content (AvgIpc) is 2.78. The zero-order valence-corrected chi connectivity index (χ0v) is 10.8. The van der Waals surface area contributed by atoms with Crippen molar-refractivity contribution in [3.63, 3.8) is 0 Å². The van der Waals surface area contributed by atoms with Gasteiger partial charge in [-0.1, -0.05) is 20.3 Å². The topological polar surface area (TPSA) is 55.1 Å². The lowest BCUT2D eigenvalue weighted by molar-refractivity contribution is 0.0697. The van der Waals surface area contributed by atoms with Crippen molar-refractivity contribution in [2.75, 3.05) is 0 Å². The highest BCUT2D eigenvalue weighted by Crippen LogP contribution is 2.24. The van der Waals surface area contributed by atoms with Crippen LogP contribution in [0.5, 0.6) is 0 Å². The van der Waals surface area contributed by atoms with E-state index in [0.717, 1.165) is 30.3 Å². The fourth-order valence-electron chi connectivity index (χ4n) is 2.32. The SMILES string of the molecule is CCCC(CC)n1cnc2ccc(C(=O)O)cc21. The van der Waals surface area contributed by atoms with E-state index in [1.165, 1.54) is 0 Å². The predicted molar refractivity (Wildman–Crippen MR) is 70.9 cm³/mol. The summed E-state index contributed by atoms with van der Waals surface area (Å²) in [6.45, 7) is 4.30. The summed E-state index contributed by atoms with van der Waals surface area (Å²) in [5.41, 5.74) is 2.08. The summed E-state index contributed by atoms with van der Waals surface area (Å²) in [6.07, 6.45) is 5.03. The Morgan fingerprint density at radius 1 is 1.44 bits per heavy atom. The van der Waals surface area contributed by atoms with E-state index in [0.29, 0.717) is 11.6 Å². The second kappa shape index (κ2) is 5.21. The van der Waals surface area contributed by atoms with E-state index in [2.05, 4.69) is 23.4 Å². The summed E-state index contributed by atoms with van der Waals surface area (Å²) in [6, 6.07) is 5.48. The molecule has 0 bridgehead atoms. The summed E-state index contributed by atoms with van der Waals surface area (Å²) in [7, 11) is 0. The molecule has 18 heavy (non-hydrogen) atoms. The molecule has 0 saturated heterocycles. The van der Waals surface area contributed by atoms with Crippen LogP contribution in [0.3, 0.4) is 0 Å². The lowest BCUT2D eigenvalue weighted by atomic mass is 10.1. The lowest BCUT2D eigenvalue weighted by Crippen LogP contribution is -2.07. The van der Waals surface area contributed by atoms with Crippen LogP contribution in [0.25, 0.3) is 11.0 Å². The van der Waals surface area contributed by atoms with Gasteiger partial charge in [-0.15, -0.1) is 0 Å². The zero-order valence-electron chi connectivity index (χ0n) is 10.8. The van der Waals surface area contributed by atoms with Gasteiger partial charge in [0.1, 0.15) is 0 Å². The zero-order chi connectivity index (χ0) is 13.1. The van der Waals surface area contributed by atoms with Gasteiger partial charge in [0.25, 0.3) is 0 Å². The maximum absolute atomic E-state index is 11.0. The minimum atomic E-state index is -0.895. The summed E-state index contributed by atoms with van der Waals surface area (Å²) < 4.78 is 2.10. The molecule has 2 rings (SSSR count). The van der Waals surface area contributed by atoms with Crippen molar-refractivity contribution >= 4 is 17.0 Å². The second-order valence-electron chi connectivity index (χ2n) is 4.51. The Morgan fingerprint density at radius 3 is 2.83 bits per heavy atom. The molecule has 2 aromatic rings. The molecular formula is C14H18N2O2. The summed E-state index contributed by atoms with van der Waals surface area (Å²) in [4.78, 5) is 15.4. The van der Waals surface area contributed by atoms with Gasteiger partial charge in [0.05, 0.1) is 22.9 Å². The van der Waals surface area contributed by atoms with Crippen molar-refractivity contribution in [3.05, 3.63) is 30.1 Å². The molecule has 0 radical (unpaired) electrons. The van der Waals surface area contributed by atoms with Gasteiger partial charge in [-0.25, -0.2) is 9.78 Å². The number of aromatic carboxylic acids is 1. The van der Waals surface area contributed by atoms with E-state index in [9.17, 15) is 4.79 Å². The number of fused-ring (bicyclic) bond motifs is 1. The number of hydrogen-bond acceptors (Lipinski definition) is 2. The smallest absolute Gasteiger partial charge is 0.335 e. The first-order valence-electron chi connectivity index (χ1n) is 6.37. The lowest BCUT2D eigenvalue weighted by Gasteiger charge is -2.16. The Morgan fingerprint density at radius 2 is 2.22 bits per heavy atom. The van der Waals surface area contributed by atoms with Crippen molar-refractivity contribution in [3.8, 4) is 0 Å². The van der Waals surface area contributed by atoms with Gasteiger partial charge in [-0.3, -0.25) is 0 Å². The number of nitrogens with zero attached hydrogens (tertiary/aromatic N) is 2. The van der Waals surface area contributed by atoms with Crippen LogP contribution in [0.4, 0.5) is 0 Å².